The third kappa shape index (κ3) is 2.67. The van der Waals surface area contributed by atoms with Crippen molar-refractivity contribution in [3.8, 4) is 0 Å². The van der Waals surface area contributed by atoms with Crippen LogP contribution in [0.1, 0.15) is 36.8 Å². The Kier molecular flexibility index (Phi) is 4.05. The summed E-state index contributed by atoms with van der Waals surface area (Å²) in [6.07, 6.45) is 3.30. The van der Waals surface area contributed by atoms with Gasteiger partial charge in [0.05, 0.1) is 19.6 Å². The van der Waals surface area contributed by atoms with Gasteiger partial charge in [-0.3, -0.25) is 4.79 Å². The van der Waals surface area contributed by atoms with Crippen molar-refractivity contribution in [2.24, 2.45) is 5.92 Å². The first-order valence-corrected chi connectivity index (χ1v) is 7.84. The molecule has 0 aromatic heterocycles. The highest BCUT2D eigenvalue weighted by Crippen LogP contribution is 2.33. The molecule has 0 atom stereocenters. The normalized spacial score (nSPS) is 24.5. The summed E-state index contributed by atoms with van der Waals surface area (Å²) in [7, 11) is 1.44. The number of hydrogen-bond donors (Lipinski definition) is 1. The Bertz CT molecular complexity index is 592. The molecule has 1 fully saturated rings. The topological polar surface area (TPSA) is 58.6 Å². The molecule has 1 aromatic carbocycles. The maximum absolute atomic E-state index is 12.4. The first-order valence-electron chi connectivity index (χ1n) is 7.84. The fraction of sp³-hybridized carbons (Fsp3) is 0.529. The lowest BCUT2D eigenvalue weighted by Gasteiger charge is -2.39. The second-order valence-electron chi connectivity index (χ2n) is 6.19. The Morgan fingerprint density at radius 2 is 2.00 bits per heavy atom. The number of urea groups is 1. The molecule has 1 saturated carbocycles. The van der Waals surface area contributed by atoms with Crippen molar-refractivity contribution in [2.45, 2.75) is 45.2 Å². The molecule has 0 spiro atoms. The zero-order chi connectivity index (χ0) is 15.7. The number of carbonyl (C=O) groups excluding carboxylic acids is 2. The van der Waals surface area contributed by atoms with Crippen LogP contribution in [0.3, 0.4) is 0 Å². The van der Waals surface area contributed by atoms with Crippen LogP contribution in [-0.4, -0.2) is 30.1 Å². The van der Waals surface area contributed by atoms with Gasteiger partial charge in [0.1, 0.15) is 0 Å². The molecular weight excluding hydrogens is 280 g/mol. The quantitative estimate of drug-likeness (QED) is 0.854. The van der Waals surface area contributed by atoms with Gasteiger partial charge in [0, 0.05) is 11.7 Å². The minimum absolute atomic E-state index is 0.0110. The number of rotatable bonds is 2. The minimum Gasteiger partial charge on any atom is -0.469 e. The van der Waals surface area contributed by atoms with Crippen molar-refractivity contribution in [1.29, 1.82) is 0 Å². The Morgan fingerprint density at radius 1 is 1.27 bits per heavy atom. The van der Waals surface area contributed by atoms with Crippen molar-refractivity contribution in [1.82, 2.24) is 4.90 Å². The number of nitrogens with one attached hydrogen (secondary N) is 1. The van der Waals surface area contributed by atoms with E-state index in [2.05, 4.69) is 18.3 Å². The number of hydrogen-bond acceptors (Lipinski definition) is 3. The number of aryl methyl sites for hydroxylation is 1. The molecule has 1 aliphatic heterocycles. The third-order valence-corrected chi connectivity index (χ3v) is 4.91. The molecule has 5 nitrogen and oxygen atoms in total. The van der Waals surface area contributed by atoms with E-state index in [-0.39, 0.29) is 24.0 Å². The molecular formula is C17H22N2O3. The van der Waals surface area contributed by atoms with Crippen LogP contribution in [0, 0.1) is 12.8 Å². The van der Waals surface area contributed by atoms with Crippen molar-refractivity contribution >= 4 is 17.7 Å². The minimum atomic E-state index is -0.122. The highest BCUT2D eigenvalue weighted by molar-refractivity contribution is 5.92. The van der Waals surface area contributed by atoms with Gasteiger partial charge in [-0.05, 0) is 49.8 Å². The average molecular weight is 302 g/mol. The summed E-state index contributed by atoms with van der Waals surface area (Å²) in [6.45, 7) is 2.73. The molecule has 5 heteroatoms. The number of benzene rings is 1. The molecule has 1 aromatic rings. The number of amides is 2. The van der Waals surface area contributed by atoms with E-state index in [1.54, 1.807) is 0 Å². The zero-order valence-electron chi connectivity index (χ0n) is 13.1. The van der Waals surface area contributed by atoms with Crippen LogP contribution in [0.5, 0.6) is 0 Å². The lowest BCUT2D eigenvalue weighted by molar-refractivity contribution is -0.146. The summed E-state index contributed by atoms with van der Waals surface area (Å²) in [5.41, 5.74) is 3.31. The van der Waals surface area contributed by atoms with Crippen LogP contribution in [0.15, 0.2) is 18.2 Å². The van der Waals surface area contributed by atoms with Crippen molar-refractivity contribution in [3.05, 3.63) is 29.3 Å². The van der Waals surface area contributed by atoms with Gasteiger partial charge >= 0.3 is 12.0 Å². The fourth-order valence-electron chi connectivity index (χ4n) is 3.54. The highest BCUT2D eigenvalue weighted by Gasteiger charge is 2.34. The van der Waals surface area contributed by atoms with Gasteiger partial charge < -0.3 is 15.0 Å². The Balaban J connectivity index is 1.70. The largest absolute Gasteiger partial charge is 0.469 e. The van der Waals surface area contributed by atoms with Crippen molar-refractivity contribution in [2.75, 3.05) is 12.4 Å². The first kappa shape index (κ1) is 14.9. The summed E-state index contributed by atoms with van der Waals surface area (Å²) in [5, 5.41) is 2.99. The Hall–Kier alpha value is -2.04. The van der Waals surface area contributed by atoms with Crippen LogP contribution in [-0.2, 0) is 16.1 Å². The van der Waals surface area contributed by atoms with Crippen LogP contribution < -0.4 is 5.32 Å². The maximum Gasteiger partial charge on any atom is 0.322 e. The van der Waals surface area contributed by atoms with Gasteiger partial charge in [0.2, 0.25) is 0 Å². The standard InChI is InChI=1S/C17H22N2O3/c1-11-4-3-5-15-14(11)10-19(17(21)18-15)13-8-6-12(7-9-13)16(20)22-2/h3-5,12-13H,6-10H2,1-2H3,(H,18,21). The van der Waals surface area contributed by atoms with Crippen LogP contribution in [0.25, 0.3) is 0 Å². The number of carbonyl (C=O) groups is 2. The lowest BCUT2D eigenvalue weighted by Crippen LogP contribution is -2.47. The number of nitrogens with zero attached hydrogens (tertiary/aromatic N) is 1. The molecule has 22 heavy (non-hydrogen) atoms. The number of methoxy groups -OCH3 is 1. The fourth-order valence-corrected chi connectivity index (χ4v) is 3.54. The molecule has 2 amide bonds. The van der Waals surface area contributed by atoms with E-state index in [4.69, 9.17) is 4.74 Å². The van der Waals surface area contributed by atoms with E-state index >= 15 is 0 Å². The SMILES string of the molecule is COC(=O)C1CCC(N2Cc3c(C)cccc3NC2=O)CC1. The molecule has 0 unspecified atom stereocenters. The lowest BCUT2D eigenvalue weighted by atomic mass is 9.85. The highest BCUT2D eigenvalue weighted by atomic mass is 16.5. The average Bonchev–Trinajstić information content (AvgIpc) is 2.54. The molecule has 2 aliphatic rings. The van der Waals surface area contributed by atoms with Gasteiger partial charge in [-0.15, -0.1) is 0 Å². The van der Waals surface area contributed by atoms with Crippen molar-refractivity contribution < 1.29 is 14.3 Å². The monoisotopic (exact) mass is 302 g/mol. The first-order chi connectivity index (χ1) is 10.6. The zero-order valence-corrected chi connectivity index (χ0v) is 13.1. The second-order valence-corrected chi connectivity index (χ2v) is 6.19. The summed E-state index contributed by atoms with van der Waals surface area (Å²) in [6, 6.07) is 6.16. The van der Waals surface area contributed by atoms with Crippen LogP contribution in [0.2, 0.25) is 0 Å². The van der Waals surface area contributed by atoms with E-state index in [9.17, 15) is 9.59 Å². The number of fused-ring (bicyclic) bond motifs is 1. The van der Waals surface area contributed by atoms with Crippen molar-refractivity contribution in [3.63, 3.8) is 0 Å². The summed E-state index contributed by atoms with van der Waals surface area (Å²) >= 11 is 0. The van der Waals surface area contributed by atoms with Gasteiger partial charge in [0.25, 0.3) is 0 Å². The van der Waals surface area contributed by atoms with E-state index in [0.29, 0.717) is 6.54 Å². The number of esters is 1. The second kappa shape index (κ2) is 5.99. The maximum atomic E-state index is 12.4. The summed E-state index contributed by atoms with van der Waals surface area (Å²) < 4.78 is 4.82. The smallest absolute Gasteiger partial charge is 0.322 e. The van der Waals surface area contributed by atoms with Gasteiger partial charge in [-0.25, -0.2) is 4.79 Å². The van der Waals surface area contributed by atoms with E-state index in [1.807, 2.05) is 17.0 Å². The van der Waals surface area contributed by atoms with E-state index in [1.165, 1.54) is 18.2 Å². The van der Waals surface area contributed by atoms with E-state index in [0.717, 1.165) is 31.4 Å². The molecule has 0 bridgehead atoms. The van der Waals surface area contributed by atoms with Crippen LogP contribution in [0.4, 0.5) is 10.5 Å². The Morgan fingerprint density at radius 3 is 2.68 bits per heavy atom. The van der Waals surface area contributed by atoms with Gasteiger partial charge in [0.15, 0.2) is 0 Å². The molecule has 1 N–H and O–H groups in total. The number of ether oxygens (including phenoxy) is 1. The summed E-state index contributed by atoms with van der Waals surface area (Å²) in [4.78, 5) is 25.9. The molecule has 0 radical (unpaired) electrons. The van der Waals surface area contributed by atoms with Gasteiger partial charge in [-0.2, -0.15) is 0 Å². The molecule has 0 saturated heterocycles. The molecule has 3 rings (SSSR count). The summed E-state index contributed by atoms with van der Waals surface area (Å²) in [5.74, 6) is -0.133. The van der Waals surface area contributed by atoms with Gasteiger partial charge in [-0.1, -0.05) is 12.1 Å². The molecule has 1 aliphatic carbocycles. The molecule has 118 valence electrons. The molecule has 1 heterocycles. The third-order valence-electron chi connectivity index (χ3n) is 4.91. The predicted octanol–water partition coefficient (Wildman–Crippen LogP) is 3.07. The van der Waals surface area contributed by atoms with Crippen LogP contribution >= 0.6 is 0 Å². The number of anilines is 1. The Labute approximate surface area is 130 Å². The van der Waals surface area contributed by atoms with E-state index < -0.39 is 0 Å². The predicted molar refractivity (Wildman–Crippen MR) is 83.5 cm³/mol.